The number of hydrogen-bond acceptors (Lipinski definition) is 40. The molecule has 0 bridgehead atoms. The van der Waals surface area contributed by atoms with Crippen LogP contribution in [-0.2, 0) is 85.5 Å². The van der Waals surface area contributed by atoms with Gasteiger partial charge in [-0.05, 0) is 6.92 Å². The minimum atomic E-state index is -2.42. The number of ether oxygens (including phenoxy) is 14. The lowest BCUT2D eigenvalue weighted by Gasteiger charge is -2.51. The third-order valence-corrected chi connectivity index (χ3v) is 17.9. The molecule has 0 aliphatic carbocycles. The Morgan fingerprint density at radius 2 is 0.720 bits per heavy atom. The predicted molar refractivity (Wildman–Crippen MR) is 312 cm³/mol. The largest absolute Gasteiger partial charge is 0.394 e. The normalized spacial score (nSPS) is 45.4. The third-order valence-electron chi connectivity index (χ3n) is 17.9. The van der Waals surface area contributed by atoms with E-state index in [-0.39, 0.29) is 0 Å². The molecule has 4 amide bonds. The molecule has 0 aromatic rings. The molecule has 26 N–H and O–H groups in total. The van der Waals surface area contributed by atoms with Crippen molar-refractivity contribution in [3.63, 3.8) is 0 Å². The van der Waals surface area contributed by atoms with Gasteiger partial charge in [0.2, 0.25) is 23.6 Å². The van der Waals surface area contributed by atoms with Crippen molar-refractivity contribution in [2.24, 2.45) is 0 Å². The standard InChI is InChI=1S/C56H96N4O40/c1-14-30(73)38(81)41(84)53(88-14)100-49-48(99-54-42(85)39(82)33(76)22(8-63)90-54)34(77)23(9-64)91-56(49)98-46-25(11-66)93-52(29(37(46)80)60-18(5)71)95-44(19(6-61)57-15(2)68)31(74)20(72)13-87-50-28(59-17(4)70)36(79)45(24(10-65)92-50)97-55-43(86)40(83)47(26(12-67)94-55)96-51-27(58-16(3)69)35(78)32(75)21(7-62)89-51/h14,19-56,61-67,72-86H,6-13H2,1-5H3,(H,57,68)(H,58,69)(H,59,70)(H,60,71)/t14-,19-,20+,21+,22+,23+,24+,25+,26+,27+,28+,29+,30+,31-,32+,33-,34-,35+,36+,37+,38+,39-,40+,41-,42+,43+,44+,45+,46+,47-,48-,49+,50+,51+,52-,53-,54+,55-,56-/m0/s1. The van der Waals surface area contributed by atoms with E-state index in [1.165, 1.54) is 6.92 Å². The molecule has 100 heavy (non-hydrogen) atoms. The van der Waals surface area contributed by atoms with Crippen LogP contribution in [0.15, 0.2) is 0 Å². The second kappa shape index (κ2) is 37.1. The van der Waals surface area contributed by atoms with Crippen molar-refractivity contribution in [2.75, 3.05) is 52.9 Å². The fourth-order valence-electron chi connectivity index (χ4n) is 12.5. The zero-order chi connectivity index (χ0) is 74.2. The summed E-state index contributed by atoms with van der Waals surface area (Å²) in [6, 6.07) is -7.13. The summed E-state index contributed by atoms with van der Waals surface area (Å²) in [5.41, 5.74) is 0. The second-order valence-electron chi connectivity index (χ2n) is 25.1. The van der Waals surface area contributed by atoms with Gasteiger partial charge >= 0.3 is 0 Å². The average molecular weight is 1470 g/mol. The molecule has 0 aromatic carbocycles. The van der Waals surface area contributed by atoms with Crippen LogP contribution >= 0.6 is 0 Å². The summed E-state index contributed by atoms with van der Waals surface area (Å²) in [7, 11) is 0. The number of aliphatic hydroxyl groups excluding tert-OH is 22. The Morgan fingerprint density at radius 1 is 0.360 bits per heavy atom. The highest BCUT2D eigenvalue weighted by Gasteiger charge is 2.59. The smallest absolute Gasteiger partial charge is 0.217 e. The lowest BCUT2D eigenvalue weighted by Crippen LogP contribution is -2.70. The first-order valence-electron chi connectivity index (χ1n) is 31.9. The highest BCUT2D eigenvalue weighted by molar-refractivity contribution is 5.74. The zero-order valence-corrected chi connectivity index (χ0v) is 54.4. The average Bonchev–Trinajstić information content (AvgIpc) is 0.771. The molecule has 0 unspecified atom stereocenters. The van der Waals surface area contributed by atoms with E-state index >= 15 is 0 Å². The molecule has 39 atom stereocenters. The van der Waals surface area contributed by atoms with Crippen molar-refractivity contribution in [1.29, 1.82) is 0 Å². The molecule has 580 valence electrons. The van der Waals surface area contributed by atoms with Crippen LogP contribution < -0.4 is 21.3 Å². The first kappa shape index (κ1) is 83.7. The molecule has 7 saturated heterocycles. The van der Waals surface area contributed by atoms with Crippen LogP contribution in [0.25, 0.3) is 0 Å². The van der Waals surface area contributed by atoms with Gasteiger partial charge < -0.3 is 200 Å². The summed E-state index contributed by atoms with van der Waals surface area (Å²) in [5.74, 6) is -3.49. The number of carbonyl (C=O) groups excluding carboxylic acids is 4. The monoisotopic (exact) mass is 1460 g/mol. The minimum absolute atomic E-state index is 0.748. The molecule has 7 rings (SSSR count). The number of nitrogens with one attached hydrogen (secondary N) is 4. The van der Waals surface area contributed by atoms with Gasteiger partial charge in [-0.1, -0.05) is 0 Å². The highest BCUT2D eigenvalue weighted by Crippen LogP contribution is 2.38. The Balaban J connectivity index is 1.11. The van der Waals surface area contributed by atoms with Crippen LogP contribution in [0.4, 0.5) is 0 Å². The maximum atomic E-state index is 13.0. The summed E-state index contributed by atoms with van der Waals surface area (Å²) >= 11 is 0. The lowest BCUT2D eigenvalue weighted by atomic mass is 9.94. The van der Waals surface area contributed by atoms with Gasteiger partial charge in [-0.25, -0.2) is 0 Å². The van der Waals surface area contributed by atoms with Crippen LogP contribution in [-0.4, -0.2) is 428 Å². The Hall–Kier alpha value is -3.56. The first-order chi connectivity index (χ1) is 47.2. The summed E-state index contributed by atoms with van der Waals surface area (Å²) in [6.45, 7) is -3.33. The van der Waals surface area contributed by atoms with Crippen LogP contribution in [0.2, 0.25) is 0 Å². The Morgan fingerprint density at radius 3 is 1.21 bits per heavy atom. The van der Waals surface area contributed by atoms with Crippen LogP contribution in [0.1, 0.15) is 34.6 Å². The van der Waals surface area contributed by atoms with Gasteiger partial charge in [-0.15, -0.1) is 0 Å². The van der Waals surface area contributed by atoms with E-state index in [9.17, 15) is 132 Å². The van der Waals surface area contributed by atoms with Gasteiger partial charge in [0, 0.05) is 27.7 Å². The molecule has 7 aliphatic rings. The first-order valence-corrected chi connectivity index (χ1v) is 31.9. The number of aliphatic hydroxyl groups is 22. The maximum absolute atomic E-state index is 13.0. The minimum Gasteiger partial charge on any atom is -0.394 e. The van der Waals surface area contributed by atoms with Gasteiger partial charge in [-0.2, -0.15) is 0 Å². The molecule has 0 saturated carbocycles. The van der Waals surface area contributed by atoms with E-state index in [4.69, 9.17) is 66.3 Å². The predicted octanol–water partition coefficient (Wildman–Crippen LogP) is -17.2. The Labute approximate surface area is 568 Å². The molecule has 44 nitrogen and oxygen atoms in total. The Bertz CT molecular complexity index is 2560. The van der Waals surface area contributed by atoms with Crippen LogP contribution in [0, 0.1) is 0 Å². The number of rotatable bonds is 29. The SMILES string of the molecule is CC(=O)N[C@H]1[C@H](OC[C@@H](O)[C@H](O)[C@H](O[C@@H]2O[C@H](CO)[C@@H](O[C@@H]3O[C@H](CO)[C@H](O)[C@H](O[C@H]4O[C@H](CO)[C@H](O)[C@H](O)[C@H]4O)[C@H]3O[C@@H]3O[C@@H](C)[C@@H](O)[C@@H](O)[C@@H]3O)[C@H](O)[C@H]2NC(C)=O)[C@H](CO)NC(C)=O)O[C@H](CO)[C@@H](O[C@@H]2O[C@H](CO)[C@H](O[C@H]3O[C@H](CO)[C@@H](O)[C@H](O)[C@H]3NC(C)=O)[C@H](O)[C@H]2O)[C@@H]1O. The number of carbonyl (C=O) groups is 4. The topological polar surface area (TPSA) is 691 Å². The summed E-state index contributed by atoms with van der Waals surface area (Å²) in [5, 5.41) is 250. The van der Waals surface area contributed by atoms with E-state index in [0.29, 0.717) is 0 Å². The number of hydrogen-bond donors (Lipinski definition) is 26. The van der Waals surface area contributed by atoms with Crippen molar-refractivity contribution in [3.05, 3.63) is 0 Å². The second-order valence-corrected chi connectivity index (χ2v) is 25.1. The molecule has 7 fully saturated rings. The fourth-order valence-corrected chi connectivity index (χ4v) is 12.5. The lowest BCUT2D eigenvalue weighted by molar-refractivity contribution is -0.403. The van der Waals surface area contributed by atoms with Crippen molar-refractivity contribution in [1.82, 2.24) is 21.3 Å². The maximum Gasteiger partial charge on any atom is 0.217 e. The van der Waals surface area contributed by atoms with E-state index in [2.05, 4.69) is 21.3 Å². The molecule has 0 radical (unpaired) electrons. The summed E-state index contributed by atoms with van der Waals surface area (Å²) in [6.07, 6.45) is -69.1. The summed E-state index contributed by atoms with van der Waals surface area (Å²) in [4.78, 5) is 50.4. The van der Waals surface area contributed by atoms with Crippen molar-refractivity contribution in [2.45, 2.75) is 274 Å². The van der Waals surface area contributed by atoms with Gasteiger partial charge in [0.05, 0.1) is 65.0 Å². The van der Waals surface area contributed by atoms with E-state index < -0.39 is 316 Å². The summed E-state index contributed by atoms with van der Waals surface area (Å²) < 4.78 is 82.0. The van der Waals surface area contributed by atoms with Gasteiger partial charge in [0.25, 0.3) is 0 Å². The molecule has 0 spiro atoms. The quantitative estimate of drug-likeness (QED) is 0.0331. The van der Waals surface area contributed by atoms with Crippen LogP contribution in [0.3, 0.4) is 0 Å². The zero-order valence-electron chi connectivity index (χ0n) is 54.4. The highest BCUT2D eigenvalue weighted by atomic mass is 16.8. The molecular formula is C56H96N4O40. The van der Waals surface area contributed by atoms with Crippen LogP contribution in [0.5, 0.6) is 0 Å². The third kappa shape index (κ3) is 19.2. The van der Waals surface area contributed by atoms with Gasteiger partial charge in [-0.3, -0.25) is 19.2 Å². The Kier molecular flexibility index (Phi) is 31.1. The van der Waals surface area contributed by atoms with E-state index in [0.717, 1.165) is 27.7 Å². The van der Waals surface area contributed by atoms with Gasteiger partial charge in [0.15, 0.2) is 44.0 Å². The van der Waals surface area contributed by atoms with Gasteiger partial charge in [0.1, 0.15) is 183 Å². The molecule has 7 aliphatic heterocycles. The van der Waals surface area contributed by atoms with E-state index in [1.54, 1.807) is 0 Å². The molecular weight excluding hydrogens is 1370 g/mol. The van der Waals surface area contributed by atoms with Crippen molar-refractivity contribution >= 4 is 23.6 Å². The molecule has 44 heteroatoms. The fraction of sp³-hybridized carbons (Fsp3) is 0.929. The van der Waals surface area contributed by atoms with E-state index in [1.807, 2.05) is 0 Å². The van der Waals surface area contributed by atoms with Crippen molar-refractivity contribution < 1.29 is 198 Å². The molecule has 7 heterocycles. The van der Waals surface area contributed by atoms with Crippen molar-refractivity contribution in [3.8, 4) is 0 Å². The molecule has 0 aromatic heterocycles. The number of amides is 4.